The zero-order valence-corrected chi connectivity index (χ0v) is 8.93. The molecule has 7 heteroatoms. The summed E-state index contributed by atoms with van der Waals surface area (Å²) in [4.78, 5) is 24.5. The fourth-order valence-electron chi connectivity index (χ4n) is 1.33. The van der Waals surface area contributed by atoms with Gasteiger partial charge in [-0.15, -0.1) is 0 Å². The number of ether oxygens (including phenoxy) is 1. The number of nitrogens with one attached hydrogen (secondary N) is 1. The summed E-state index contributed by atoms with van der Waals surface area (Å²) in [6.07, 6.45) is -4.35. The van der Waals surface area contributed by atoms with Crippen molar-refractivity contribution in [1.29, 1.82) is 0 Å². The number of esters is 1. The number of alkyl halides is 3. The molecule has 0 aliphatic rings. The van der Waals surface area contributed by atoms with E-state index < -0.39 is 35.3 Å². The number of hydrogen-bond donors (Lipinski definition) is 1. The van der Waals surface area contributed by atoms with Crippen LogP contribution >= 0.6 is 0 Å². The normalized spacial score (nSPS) is 11.3. The largest absolute Gasteiger partial charge is 0.466 e. The van der Waals surface area contributed by atoms with Crippen LogP contribution in [0.15, 0.2) is 17.1 Å². The van der Waals surface area contributed by atoms with Crippen molar-refractivity contribution in [2.45, 2.75) is 19.5 Å². The molecular weight excluding hydrogens is 239 g/mol. The van der Waals surface area contributed by atoms with Crippen molar-refractivity contribution in [2.24, 2.45) is 0 Å². The van der Waals surface area contributed by atoms with Crippen LogP contribution in [0.4, 0.5) is 13.2 Å². The van der Waals surface area contributed by atoms with Gasteiger partial charge < -0.3 is 9.72 Å². The predicted octanol–water partition coefficient (Wildman–Crippen LogP) is 1.50. The number of aromatic amines is 1. The third kappa shape index (κ3) is 3.33. The van der Waals surface area contributed by atoms with E-state index in [1.165, 1.54) is 6.92 Å². The van der Waals surface area contributed by atoms with Crippen LogP contribution in [0.25, 0.3) is 0 Å². The van der Waals surface area contributed by atoms with Gasteiger partial charge in [-0.2, -0.15) is 13.2 Å². The van der Waals surface area contributed by atoms with E-state index in [1.54, 1.807) is 0 Å². The van der Waals surface area contributed by atoms with Crippen LogP contribution in [0.5, 0.6) is 0 Å². The number of rotatable bonds is 3. The van der Waals surface area contributed by atoms with Gasteiger partial charge in [-0.3, -0.25) is 9.59 Å². The number of carbonyl (C=O) groups excluding carboxylic acids is 1. The van der Waals surface area contributed by atoms with Crippen molar-refractivity contribution < 1.29 is 22.7 Å². The molecular formula is C10H10F3NO3. The Hall–Kier alpha value is -1.79. The highest BCUT2D eigenvalue weighted by Crippen LogP contribution is 2.28. The maximum atomic E-state index is 12.6. The Morgan fingerprint density at radius 1 is 1.47 bits per heavy atom. The molecule has 0 bridgehead atoms. The molecule has 0 aromatic carbocycles. The molecule has 0 aliphatic carbocycles. The van der Waals surface area contributed by atoms with Crippen LogP contribution < -0.4 is 5.43 Å². The maximum absolute atomic E-state index is 12.6. The van der Waals surface area contributed by atoms with Crippen molar-refractivity contribution in [1.82, 2.24) is 4.98 Å². The van der Waals surface area contributed by atoms with E-state index >= 15 is 0 Å². The summed E-state index contributed by atoms with van der Waals surface area (Å²) in [6, 6.07) is 0.761. The minimum atomic E-state index is -4.79. The van der Waals surface area contributed by atoms with Crippen molar-refractivity contribution in [3.8, 4) is 0 Å². The smallest absolute Gasteiger partial charge is 0.421 e. The summed E-state index contributed by atoms with van der Waals surface area (Å²) in [7, 11) is 0. The summed E-state index contributed by atoms with van der Waals surface area (Å²) in [5, 5.41) is 0. The molecule has 1 heterocycles. The van der Waals surface area contributed by atoms with Crippen LogP contribution in [0.1, 0.15) is 18.2 Å². The van der Waals surface area contributed by atoms with Crippen LogP contribution in [0.2, 0.25) is 0 Å². The highest BCUT2D eigenvalue weighted by Gasteiger charge is 2.37. The number of halogens is 3. The number of pyridine rings is 1. The number of H-pyrrole nitrogens is 1. The van der Waals surface area contributed by atoms with Crippen molar-refractivity contribution in [2.75, 3.05) is 6.61 Å². The summed E-state index contributed by atoms with van der Waals surface area (Å²) in [6.45, 7) is 1.60. The Morgan fingerprint density at radius 3 is 2.65 bits per heavy atom. The molecule has 1 rings (SSSR count). The molecule has 0 amide bonds. The Morgan fingerprint density at radius 2 is 2.12 bits per heavy atom. The number of carbonyl (C=O) groups is 1. The predicted molar refractivity (Wildman–Crippen MR) is 52.4 cm³/mol. The standard InChI is InChI=1S/C10H10F3NO3/c1-2-17-8(16)5-6-9(10(11,12)13)7(15)3-4-14-6/h3-4H,2,5H2,1H3,(H,14,15). The van der Waals surface area contributed by atoms with Gasteiger partial charge in [-0.05, 0) is 6.92 Å². The van der Waals surface area contributed by atoms with Gasteiger partial charge in [0.1, 0.15) is 5.56 Å². The van der Waals surface area contributed by atoms with Gasteiger partial charge in [0.2, 0.25) is 0 Å². The molecule has 0 atom stereocenters. The lowest BCUT2D eigenvalue weighted by Gasteiger charge is -2.10. The zero-order chi connectivity index (χ0) is 13.1. The Kier molecular flexibility index (Phi) is 3.93. The molecule has 1 aromatic heterocycles. The van der Waals surface area contributed by atoms with E-state index in [4.69, 9.17) is 0 Å². The molecule has 94 valence electrons. The maximum Gasteiger partial charge on any atom is 0.421 e. The summed E-state index contributed by atoms with van der Waals surface area (Å²) in [5.74, 6) is -0.820. The first-order chi connectivity index (χ1) is 7.86. The SMILES string of the molecule is CCOC(=O)Cc1[nH]ccc(=O)c1C(F)(F)F. The van der Waals surface area contributed by atoms with Gasteiger partial charge in [0.05, 0.1) is 13.0 Å². The van der Waals surface area contributed by atoms with Crippen molar-refractivity contribution in [3.63, 3.8) is 0 Å². The van der Waals surface area contributed by atoms with Gasteiger partial charge in [0.25, 0.3) is 0 Å². The first-order valence-corrected chi connectivity index (χ1v) is 4.79. The summed E-state index contributed by atoms with van der Waals surface area (Å²) < 4.78 is 42.2. The molecule has 0 spiro atoms. The topological polar surface area (TPSA) is 59.2 Å². The lowest BCUT2D eigenvalue weighted by Crippen LogP contribution is -2.24. The molecule has 1 N–H and O–H groups in total. The molecule has 0 fully saturated rings. The van der Waals surface area contributed by atoms with Crippen molar-refractivity contribution in [3.05, 3.63) is 33.7 Å². The lowest BCUT2D eigenvalue weighted by molar-refractivity contribution is -0.143. The molecule has 17 heavy (non-hydrogen) atoms. The van der Waals surface area contributed by atoms with Crippen LogP contribution in [-0.2, 0) is 22.1 Å². The highest BCUT2D eigenvalue weighted by molar-refractivity contribution is 5.72. The second kappa shape index (κ2) is 5.03. The quantitative estimate of drug-likeness (QED) is 0.826. The van der Waals surface area contributed by atoms with Gasteiger partial charge in [-0.1, -0.05) is 0 Å². The second-order valence-electron chi connectivity index (χ2n) is 3.18. The van der Waals surface area contributed by atoms with Gasteiger partial charge in [-0.25, -0.2) is 0 Å². The lowest BCUT2D eigenvalue weighted by atomic mass is 10.1. The molecule has 0 saturated heterocycles. The molecule has 0 saturated carbocycles. The second-order valence-corrected chi connectivity index (χ2v) is 3.18. The average molecular weight is 249 g/mol. The van der Waals surface area contributed by atoms with Crippen LogP contribution in [0.3, 0.4) is 0 Å². The van der Waals surface area contributed by atoms with Crippen LogP contribution in [-0.4, -0.2) is 17.6 Å². The summed E-state index contributed by atoms with van der Waals surface area (Å²) in [5.41, 5.74) is -3.01. The van der Waals surface area contributed by atoms with E-state index in [9.17, 15) is 22.8 Å². The average Bonchev–Trinajstić information content (AvgIpc) is 2.15. The van der Waals surface area contributed by atoms with E-state index in [1.807, 2.05) is 0 Å². The first kappa shape index (κ1) is 13.3. The summed E-state index contributed by atoms with van der Waals surface area (Å²) >= 11 is 0. The third-order valence-corrected chi connectivity index (χ3v) is 1.95. The van der Waals surface area contributed by atoms with E-state index in [0.717, 1.165) is 12.3 Å². The highest BCUT2D eigenvalue weighted by atomic mass is 19.4. The van der Waals surface area contributed by atoms with Gasteiger partial charge in [0.15, 0.2) is 5.43 Å². The Labute approximate surface area is 94.4 Å². The third-order valence-electron chi connectivity index (χ3n) is 1.95. The molecule has 1 aromatic rings. The van der Waals surface area contributed by atoms with E-state index in [2.05, 4.69) is 9.72 Å². The van der Waals surface area contributed by atoms with Crippen molar-refractivity contribution >= 4 is 5.97 Å². The fraction of sp³-hybridized carbons (Fsp3) is 0.400. The minimum absolute atomic E-state index is 0.0667. The molecule has 0 unspecified atom stereocenters. The minimum Gasteiger partial charge on any atom is -0.466 e. The molecule has 0 radical (unpaired) electrons. The Bertz CT molecular complexity index is 465. The molecule has 4 nitrogen and oxygen atoms in total. The van der Waals surface area contributed by atoms with Gasteiger partial charge in [0, 0.05) is 18.0 Å². The number of aromatic nitrogens is 1. The van der Waals surface area contributed by atoms with Gasteiger partial charge >= 0.3 is 12.1 Å². The van der Waals surface area contributed by atoms with E-state index in [-0.39, 0.29) is 6.61 Å². The Balaban J connectivity index is 3.12. The number of hydrogen-bond acceptors (Lipinski definition) is 3. The first-order valence-electron chi connectivity index (χ1n) is 4.79. The zero-order valence-electron chi connectivity index (χ0n) is 8.93. The monoisotopic (exact) mass is 249 g/mol. The van der Waals surface area contributed by atoms with E-state index in [0.29, 0.717) is 0 Å². The fourth-order valence-corrected chi connectivity index (χ4v) is 1.33. The molecule has 0 aliphatic heterocycles. The van der Waals surface area contributed by atoms with Crippen LogP contribution in [0, 0.1) is 0 Å².